The normalized spacial score (nSPS) is 16.0. The zero-order chi connectivity index (χ0) is 21.4. The second-order valence-corrected chi connectivity index (χ2v) is 7.88. The van der Waals surface area contributed by atoms with E-state index < -0.39 is 0 Å². The molecule has 4 aromatic rings. The fraction of sp³-hybridized carbons (Fsp3) is 0.304. The summed E-state index contributed by atoms with van der Waals surface area (Å²) >= 11 is 0. The van der Waals surface area contributed by atoms with Gasteiger partial charge in [-0.05, 0) is 32.0 Å². The van der Waals surface area contributed by atoms with Crippen LogP contribution in [0.3, 0.4) is 0 Å². The Kier molecular flexibility index (Phi) is 5.07. The fourth-order valence-electron chi connectivity index (χ4n) is 3.97. The summed E-state index contributed by atoms with van der Waals surface area (Å²) in [5, 5.41) is 4.90. The summed E-state index contributed by atoms with van der Waals surface area (Å²) in [6.45, 7) is 7.29. The predicted octanol–water partition coefficient (Wildman–Crippen LogP) is 4.01. The molecule has 7 nitrogen and oxygen atoms in total. The number of piperazine rings is 1. The lowest BCUT2D eigenvalue weighted by atomic mass is 10.1. The molecule has 0 aliphatic carbocycles. The van der Waals surface area contributed by atoms with E-state index in [1.807, 2.05) is 31.2 Å². The molecule has 8 heteroatoms. The quantitative estimate of drug-likeness (QED) is 0.496. The highest BCUT2D eigenvalue weighted by molar-refractivity contribution is 5.89. The number of hydrogen-bond acceptors (Lipinski definition) is 7. The first kappa shape index (κ1) is 19.6. The molecule has 0 spiro atoms. The maximum Gasteiger partial charge on any atom is 0.244 e. The van der Waals surface area contributed by atoms with Gasteiger partial charge < -0.3 is 9.42 Å². The van der Waals surface area contributed by atoms with E-state index in [-0.39, 0.29) is 11.9 Å². The Balaban J connectivity index is 1.29. The van der Waals surface area contributed by atoms with E-state index in [1.165, 1.54) is 24.0 Å². The number of rotatable bonds is 4. The molecule has 31 heavy (non-hydrogen) atoms. The van der Waals surface area contributed by atoms with E-state index in [9.17, 15) is 4.39 Å². The van der Waals surface area contributed by atoms with Crippen molar-refractivity contribution in [2.24, 2.45) is 0 Å². The van der Waals surface area contributed by atoms with Crippen LogP contribution in [0.2, 0.25) is 0 Å². The topological polar surface area (TPSA) is 71.2 Å². The molecule has 2 aromatic heterocycles. The first-order valence-corrected chi connectivity index (χ1v) is 10.4. The van der Waals surface area contributed by atoms with Crippen LogP contribution in [0.25, 0.3) is 22.3 Å². The molecule has 1 atom stereocenters. The Hall–Kier alpha value is -3.39. The summed E-state index contributed by atoms with van der Waals surface area (Å²) in [7, 11) is 0. The van der Waals surface area contributed by atoms with Crippen LogP contribution >= 0.6 is 0 Å². The van der Waals surface area contributed by atoms with Crippen LogP contribution in [0.4, 0.5) is 10.2 Å². The van der Waals surface area contributed by atoms with E-state index >= 15 is 0 Å². The number of benzene rings is 2. The molecule has 3 heterocycles. The predicted molar refractivity (Wildman–Crippen MR) is 116 cm³/mol. The number of aryl methyl sites for hydroxylation is 1. The summed E-state index contributed by atoms with van der Waals surface area (Å²) < 4.78 is 19.3. The van der Waals surface area contributed by atoms with Crippen molar-refractivity contribution in [3.63, 3.8) is 0 Å². The van der Waals surface area contributed by atoms with Crippen LogP contribution in [0.15, 0.2) is 53.3 Å². The molecule has 0 radical (unpaired) electrons. The third-order valence-corrected chi connectivity index (χ3v) is 5.85. The lowest BCUT2D eigenvalue weighted by Gasteiger charge is -2.37. The SMILES string of the molecule is Cc1ccc(-c2noc(C(C)N3CCN(c4ncnc5ccc(F)cc45)CC3)n2)cc1. The summed E-state index contributed by atoms with van der Waals surface area (Å²) in [5.74, 6) is 1.71. The van der Waals surface area contributed by atoms with E-state index in [0.717, 1.165) is 48.5 Å². The highest BCUT2D eigenvalue weighted by Gasteiger charge is 2.27. The van der Waals surface area contributed by atoms with Crippen LogP contribution in [0.5, 0.6) is 0 Å². The monoisotopic (exact) mass is 418 g/mol. The maximum atomic E-state index is 13.8. The average molecular weight is 418 g/mol. The third kappa shape index (κ3) is 3.86. The van der Waals surface area contributed by atoms with Crippen LogP contribution in [-0.4, -0.2) is 51.2 Å². The van der Waals surface area contributed by atoms with Gasteiger partial charge in [-0.1, -0.05) is 35.0 Å². The van der Waals surface area contributed by atoms with Crippen molar-refractivity contribution in [2.75, 3.05) is 31.1 Å². The van der Waals surface area contributed by atoms with Crippen molar-refractivity contribution in [3.8, 4) is 11.4 Å². The molecular formula is C23H23FN6O. The number of halogens is 1. The summed E-state index contributed by atoms with van der Waals surface area (Å²) in [6, 6.07) is 12.7. The second kappa shape index (κ2) is 8.03. The Bertz CT molecular complexity index is 1200. The Morgan fingerprint density at radius 2 is 1.77 bits per heavy atom. The smallest absolute Gasteiger partial charge is 0.244 e. The molecule has 5 rings (SSSR count). The maximum absolute atomic E-state index is 13.8. The van der Waals surface area contributed by atoms with E-state index in [2.05, 4.69) is 36.8 Å². The van der Waals surface area contributed by atoms with Gasteiger partial charge in [0.2, 0.25) is 11.7 Å². The summed E-state index contributed by atoms with van der Waals surface area (Å²) in [6.07, 6.45) is 1.54. The van der Waals surface area contributed by atoms with Crippen molar-refractivity contribution >= 4 is 16.7 Å². The second-order valence-electron chi connectivity index (χ2n) is 7.88. The minimum absolute atomic E-state index is 0.00781. The van der Waals surface area contributed by atoms with Gasteiger partial charge in [0.25, 0.3) is 0 Å². The first-order valence-electron chi connectivity index (χ1n) is 10.4. The number of aromatic nitrogens is 4. The molecule has 1 saturated heterocycles. The van der Waals surface area contributed by atoms with Crippen LogP contribution in [0.1, 0.15) is 24.4 Å². The molecule has 0 bridgehead atoms. The zero-order valence-electron chi connectivity index (χ0n) is 17.5. The van der Waals surface area contributed by atoms with Gasteiger partial charge in [0.15, 0.2) is 0 Å². The van der Waals surface area contributed by atoms with E-state index in [4.69, 9.17) is 4.52 Å². The zero-order valence-corrected chi connectivity index (χ0v) is 17.5. The van der Waals surface area contributed by atoms with Gasteiger partial charge in [0.1, 0.15) is 18.0 Å². The summed E-state index contributed by atoms with van der Waals surface area (Å²) in [4.78, 5) is 17.8. The fourth-order valence-corrected chi connectivity index (χ4v) is 3.97. The highest BCUT2D eigenvalue weighted by atomic mass is 19.1. The van der Waals surface area contributed by atoms with Crippen molar-refractivity contribution in [1.29, 1.82) is 0 Å². The van der Waals surface area contributed by atoms with Crippen molar-refractivity contribution in [1.82, 2.24) is 25.0 Å². The minimum atomic E-state index is -0.281. The summed E-state index contributed by atoms with van der Waals surface area (Å²) in [5.41, 5.74) is 2.88. The number of fused-ring (bicyclic) bond motifs is 1. The van der Waals surface area contributed by atoms with Gasteiger partial charge >= 0.3 is 0 Å². The lowest BCUT2D eigenvalue weighted by Crippen LogP contribution is -2.47. The highest BCUT2D eigenvalue weighted by Crippen LogP contribution is 2.27. The molecule has 0 N–H and O–H groups in total. The lowest BCUT2D eigenvalue weighted by molar-refractivity contribution is 0.164. The van der Waals surface area contributed by atoms with Crippen molar-refractivity contribution in [3.05, 3.63) is 66.1 Å². The molecule has 0 amide bonds. The van der Waals surface area contributed by atoms with E-state index in [1.54, 1.807) is 6.07 Å². The van der Waals surface area contributed by atoms with E-state index in [0.29, 0.717) is 11.7 Å². The van der Waals surface area contributed by atoms with Gasteiger partial charge in [-0.2, -0.15) is 4.98 Å². The van der Waals surface area contributed by atoms with Gasteiger partial charge in [-0.25, -0.2) is 14.4 Å². The Morgan fingerprint density at radius 3 is 2.55 bits per heavy atom. The molecule has 1 aliphatic rings. The molecule has 1 unspecified atom stereocenters. The molecule has 158 valence electrons. The number of nitrogens with zero attached hydrogens (tertiary/aromatic N) is 6. The van der Waals surface area contributed by atoms with Crippen LogP contribution < -0.4 is 4.90 Å². The van der Waals surface area contributed by atoms with Gasteiger partial charge in [0.05, 0.1) is 11.6 Å². The van der Waals surface area contributed by atoms with Crippen LogP contribution in [0, 0.1) is 12.7 Å². The van der Waals surface area contributed by atoms with Gasteiger partial charge in [-0.3, -0.25) is 4.90 Å². The number of hydrogen-bond donors (Lipinski definition) is 0. The number of anilines is 1. The van der Waals surface area contributed by atoms with Gasteiger partial charge in [0, 0.05) is 37.1 Å². The Labute approximate surface area is 179 Å². The minimum Gasteiger partial charge on any atom is -0.353 e. The van der Waals surface area contributed by atoms with Crippen LogP contribution in [-0.2, 0) is 0 Å². The average Bonchev–Trinajstić information content (AvgIpc) is 3.29. The third-order valence-electron chi connectivity index (χ3n) is 5.85. The molecule has 1 aliphatic heterocycles. The molecule has 2 aromatic carbocycles. The molecular weight excluding hydrogens is 395 g/mol. The van der Waals surface area contributed by atoms with Crippen molar-refractivity contribution < 1.29 is 8.91 Å². The van der Waals surface area contributed by atoms with Gasteiger partial charge in [-0.15, -0.1) is 0 Å². The largest absolute Gasteiger partial charge is 0.353 e. The standard InChI is InChI=1S/C23H23FN6O/c1-15-3-5-17(6-4-15)21-27-23(31-28-21)16(2)29-9-11-30(12-10-29)22-19-13-18(24)7-8-20(19)25-14-26-22/h3-8,13-14,16H,9-12H2,1-2H3. The first-order chi connectivity index (χ1) is 15.1. The molecule has 0 saturated carbocycles. The Morgan fingerprint density at radius 1 is 1.00 bits per heavy atom. The molecule has 1 fully saturated rings. The van der Waals surface area contributed by atoms with Crippen molar-refractivity contribution in [2.45, 2.75) is 19.9 Å².